The van der Waals surface area contributed by atoms with Gasteiger partial charge in [-0.1, -0.05) is 37.3 Å². The van der Waals surface area contributed by atoms with E-state index >= 15 is 0 Å². The van der Waals surface area contributed by atoms with Crippen molar-refractivity contribution in [2.24, 2.45) is 0 Å². The molecule has 2 aliphatic rings. The number of thiazole rings is 1. The van der Waals surface area contributed by atoms with Crippen molar-refractivity contribution in [1.29, 1.82) is 0 Å². The summed E-state index contributed by atoms with van der Waals surface area (Å²) in [6, 6.07) is 10.2. The van der Waals surface area contributed by atoms with E-state index in [0.717, 1.165) is 51.1 Å². The Hall–Kier alpha value is -1.72. The molecule has 5 heteroatoms. The van der Waals surface area contributed by atoms with Crippen LogP contribution in [0.25, 0.3) is 0 Å². The predicted molar refractivity (Wildman–Crippen MR) is 105 cm³/mol. The number of hydrogen-bond donors (Lipinski definition) is 0. The first-order valence-electron chi connectivity index (χ1n) is 9.78. The Balaban J connectivity index is 1.33. The van der Waals surface area contributed by atoms with E-state index in [1.165, 1.54) is 28.4 Å². The molecule has 1 fully saturated rings. The van der Waals surface area contributed by atoms with E-state index in [1.54, 1.807) is 0 Å². The number of aryl methyl sites for hydroxylation is 2. The van der Waals surface area contributed by atoms with Gasteiger partial charge in [-0.2, -0.15) is 0 Å². The average Bonchev–Trinajstić information content (AvgIpc) is 3.25. The second-order valence-electron chi connectivity index (χ2n) is 7.30. The van der Waals surface area contributed by atoms with Crippen LogP contribution in [-0.2, 0) is 24.2 Å². The first-order chi connectivity index (χ1) is 12.7. The highest BCUT2D eigenvalue weighted by atomic mass is 32.1. The van der Waals surface area contributed by atoms with Crippen LogP contribution in [0.5, 0.6) is 0 Å². The topological polar surface area (TPSA) is 36.4 Å². The molecule has 1 unspecified atom stereocenters. The predicted octanol–water partition coefficient (Wildman–Crippen LogP) is 3.47. The van der Waals surface area contributed by atoms with Gasteiger partial charge in [-0.05, 0) is 31.2 Å². The fraction of sp³-hybridized carbons (Fsp3) is 0.524. The number of amides is 1. The fourth-order valence-corrected chi connectivity index (χ4v) is 5.29. The van der Waals surface area contributed by atoms with E-state index in [9.17, 15) is 4.79 Å². The van der Waals surface area contributed by atoms with Crippen molar-refractivity contribution in [3.05, 3.63) is 51.5 Å². The smallest absolute Gasteiger partial charge is 0.230 e. The van der Waals surface area contributed by atoms with Crippen LogP contribution in [-0.4, -0.2) is 46.9 Å². The lowest BCUT2D eigenvalue weighted by molar-refractivity contribution is -0.134. The summed E-state index contributed by atoms with van der Waals surface area (Å²) in [6.07, 6.45) is 4.50. The summed E-state index contributed by atoms with van der Waals surface area (Å²) in [5.74, 6) is 0.274. The van der Waals surface area contributed by atoms with Gasteiger partial charge in [-0.25, -0.2) is 4.98 Å². The first-order valence-corrected chi connectivity index (χ1v) is 10.6. The zero-order chi connectivity index (χ0) is 17.9. The van der Waals surface area contributed by atoms with Crippen molar-refractivity contribution >= 4 is 17.2 Å². The van der Waals surface area contributed by atoms with Crippen LogP contribution >= 0.6 is 11.3 Å². The summed E-state index contributed by atoms with van der Waals surface area (Å²) in [4.78, 5) is 23.8. The van der Waals surface area contributed by atoms with Crippen LogP contribution in [0, 0.1) is 0 Å². The van der Waals surface area contributed by atoms with Gasteiger partial charge in [0, 0.05) is 31.1 Å². The zero-order valence-electron chi connectivity index (χ0n) is 15.5. The van der Waals surface area contributed by atoms with Crippen molar-refractivity contribution in [2.45, 2.75) is 45.1 Å². The van der Waals surface area contributed by atoms with E-state index in [1.807, 2.05) is 29.5 Å². The van der Waals surface area contributed by atoms with Gasteiger partial charge < -0.3 is 4.90 Å². The Bertz CT molecular complexity index is 728. The zero-order valence-corrected chi connectivity index (χ0v) is 16.3. The number of aromatic nitrogens is 1. The van der Waals surface area contributed by atoms with Crippen molar-refractivity contribution < 1.29 is 4.79 Å². The summed E-state index contributed by atoms with van der Waals surface area (Å²) in [7, 11) is 0. The highest BCUT2D eigenvalue weighted by Gasteiger charge is 2.28. The molecule has 4 nitrogen and oxygen atoms in total. The van der Waals surface area contributed by atoms with Gasteiger partial charge in [0.2, 0.25) is 5.91 Å². The molecule has 0 saturated carbocycles. The van der Waals surface area contributed by atoms with E-state index < -0.39 is 0 Å². The first kappa shape index (κ1) is 17.7. The minimum absolute atomic E-state index is 0.00955. The Morgan fingerprint density at radius 3 is 2.62 bits per heavy atom. The Labute approximate surface area is 159 Å². The van der Waals surface area contributed by atoms with Crippen LogP contribution in [0.1, 0.15) is 46.8 Å². The lowest BCUT2D eigenvalue weighted by atomic mass is 9.95. The molecule has 2 aromatic rings. The summed E-state index contributed by atoms with van der Waals surface area (Å²) in [5, 5.41) is 1.25. The van der Waals surface area contributed by atoms with Crippen LogP contribution in [0.4, 0.5) is 0 Å². The standard InChI is InChI=1S/C21H27N3OS/c1-2-17(16-7-4-3-5-8-16)21(25)24-13-11-23(12-14-24)15-20-22-18-9-6-10-19(18)26-20/h3-5,7-8,17H,2,6,9-15H2,1H3. The molecule has 26 heavy (non-hydrogen) atoms. The third-order valence-electron chi connectivity index (χ3n) is 5.59. The molecule has 1 aromatic heterocycles. The maximum atomic E-state index is 13.0. The molecule has 1 saturated heterocycles. The van der Waals surface area contributed by atoms with Gasteiger partial charge in [0.15, 0.2) is 0 Å². The number of piperazine rings is 1. The molecule has 1 amide bonds. The van der Waals surface area contributed by atoms with Crippen LogP contribution in [0.2, 0.25) is 0 Å². The largest absolute Gasteiger partial charge is 0.340 e. The molecule has 0 N–H and O–H groups in total. The molecule has 0 radical (unpaired) electrons. The number of carbonyl (C=O) groups is 1. The van der Waals surface area contributed by atoms with Crippen LogP contribution in [0.15, 0.2) is 30.3 Å². The number of benzene rings is 1. The third kappa shape index (κ3) is 3.69. The normalized spacial score (nSPS) is 18.7. The number of fused-ring (bicyclic) bond motifs is 1. The molecular formula is C21H27N3OS. The second kappa shape index (κ2) is 7.89. The molecule has 1 atom stereocenters. The number of nitrogens with zero attached hydrogens (tertiary/aromatic N) is 3. The molecule has 0 bridgehead atoms. The highest BCUT2D eigenvalue weighted by molar-refractivity contribution is 7.11. The monoisotopic (exact) mass is 369 g/mol. The average molecular weight is 370 g/mol. The van der Waals surface area contributed by atoms with Gasteiger partial charge >= 0.3 is 0 Å². The van der Waals surface area contributed by atoms with Crippen molar-refractivity contribution in [3.8, 4) is 0 Å². The molecular weight excluding hydrogens is 342 g/mol. The van der Waals surface area contributed by atoms with Crippen molar-refractivity contribution in [2.75, 3.05) is 26.2 Å². The van der Waals surface area contributed by atoms with Gasteiger partial charge in [0.25, 0.3) is 0 Å². The Morgan fingerprint density at radius 2 is 1.92 bits per heavy atom. The van der Waals surface area contributed by atoms with Gasteiger partial charge in [0.1, 0.15) is 5.01 Å². The number of hydrogen-bond acceptors (Lipinski definition) is 4. The highest BCUT2D eigenvalue weighted by Crippen LogP contribution is 2.28. The van der Waals surface area contributed by atoms with Crippen molar-refractivity contribution in [1.82, 2.24) is 14.8 Å². The molecule has 1 aromatic carbocycles. The van der Waals surface area contributed by atoms with Crippen LogP contribution < -0.4 is 0 Å². The second-order valence-corrected chi connectivity index (χ2v) is 8.47. The lowest BCUT2D eigenvalue weighted by Crippen LogP contribution is -2.49. The van der Waals surface area contributed by atoms with Gasteiger partial charge in [-0.15, -0.1) is 11.3 Å². The van der Waals surface area contributed by atoms with E-state index in [4.69, 9.17) is 4.98 Å². The molecule has 0 spiro atoms. The van der Waals surface area contributed by atoms with E-state index in [2.05, 4.69) is 28.9 Å². The van der Waals surface area contributed by atoms with E-state index in [-0.39, 0.29) is 11.8 Å². The quantitative estimate of drug-likeness (QED) is 0.810. The summed E-state index contributed by atoms with van der Waals surface area (Å²) in [6.45, 7) is 6.59. The molecule has 1 aliphatic carbocycles. The SMILES string of the molecule is CCC(C(=O)N1CCN(Cc2nc3c(s2)CCC3)CC1)c1ccccc1. The molecule has 1 aliphatic heterocycles. The molecule has 2 heterocycles. The van der Waals surface area contributed by atoms with Crippen molar-refractivity contribution in [3.63, 3.8) is 0 Å². The maximum Gasteiger partial charge on any atom is 0.230 e. The summed E-state index contributed by atoms with van der Waals surface area (Å²) in [5.41, 5.74) is 2.48. The molecule has 4 rings (SSSR count). The third-order valence-corrected chi connectivity index (χ3v) is 6.73. The lowest BCUT2D eigenvalue weighted by Gasteiger charge is -2.36. The van der Waals surface area contributed by atoms with Gasteiger partial charge in [-0.3, -0.25) is 9.69 Å². The maximum absolute atomic E-state index is 13.0. The summed E-state index contributed by atoms with van der Waals surface area (Å²) >= 11 is 1.90. The number of rotatable bonds is 5. The molecule has 138 valence electrons. The minimum atomic E-state index is -0.00955. The van der Waals surface area contributed by atoms with Gasteiger partial charge in [0.05, 0.1) is 18.2 Å². The fourth-order valence-electron chi connectivity index (χ4n) is 4.09. The van der Waals surface area contributed by atoms with E-state index in [0.29, 0.717) is 0 Å². The Kier molecular flexibility index (Phi) is 5.36. The van der Waals surface area contributed by atoms with Crippen LogP contribution in [0.3, 0.4) is 0 Å². The minimum Gasteiger partial charge on any atom is -0.340 e. The summed E-state index contributed by atoms with van der Waals surface area (Å²) < 4.78 is 0. The Morgan fingerprint density at radius 1 is 1.15 bits per heavy atom. The number of carbonyl (C=O) groups excluding carboxylic acids is 1.